The molecule has 0 aliphatic carbocycles. The smallest absolute Gasteiger partial charge is 0.417 e. The number of aromatic nitrogens is 3. The zero-order chi connectivity index (χ0) is 22.6. The summed E-state index contributed by atoms with van der Waals surface area (Å²) in [4.78, 5) is 23.0. The van der Waals surface area contributed by atoms with Crippen LogP contribution in [0.2, 0.25) is 0 Å². The predicted octanol–water partition coefficient (Wildman–Crippen LogP) is 4.27. The fourth-order valence-corrected chi connectivity index (χ4v) is 3.05. The molecule has 3 aromatic rings. The van der Waals surface area contributed by atoms with Crippen LogP contribution in [-0.2, 0) is 12.7 Å². The van der Waals surface area contributed by atoms with Crippen LogP contribution in [0.5, 0.6) is 5.75 Å². The molecule has 6 nitrogen and oxygen atoms in total. The first-order chi connectivity index (χ1) is 14.7. The minimum absolute atomic E-state index is 0.164. The summed E-state index contributed by atoms with van der Waals surface area (Å²) < 4.78 is 46.2. The molecule has 0 unspecified atom stereocenters. The SMILES string of the molecule is COc1cncc(-c2cc(=O)[nH]c(-c3cc(CNCC(C)C)ccc3C(F)(F)F)n2)c1. The third-order valence-electron chi connectivity index (χ3n) is 4.51. The highest BCUT2D eigenvalue weighted by molar-refractivity contribution is 5.67. The van der Waals surface area contributed by atoms with E-state index in [0.717, 1.165) is 12.6 Å². The van der Waals surface area contributed by atoms with Crippen LogP contribution in [0.25, 0.3) is 22.6 Å². The molecule has 2 heterocycles. The highest BCUT2D eigenvalue weighted by atomic mass is 19.4. The Labute approximate surface area is 177 Å². The number of hydrogen-bond donors (Lipinski definition) is 2. The lowest BCUT2D eigenvalue weighted by Gasteiger charge is -2.15. The number of nitrogens with zero attached hydrogens (tertiary/aromatic N) is 2. The summed E-state index contributed by atoms with van der Waals surface area (Å²) in [6.45, 7) is 5.20. The summed E-state index contributed by atoms with van der Waals surface area (Å²) in [5.74, 6) is 0.679. The fraction of sp³-hybridized carbons (Fsp3) is 0.318. The number of nitrogens with one attached hydrogen (secondary N) is 2. The second-order valence-corrected chi connectivity index (χ2v) is 7.50. The number of alkyl halides is 3. The summed E-state index contributed by atoms with van der Waals surface area (Å²) in [5, 5.41) is 3.20. The van der Waals surface area contributed by atoms with Crippen molar-refractivity contribution in [1.29, 1.82) is 0 Å². The number of hydrogen-bond acceptors (Lipinski definition) is 5. The average Bonchev–Trinajstić information content (AvgIpc) is 2.72. The summed E-state index contributed by atoms with van der Waals surface area (Å²) >= 11 is 0. The van der Waals surface area contributed by atoms with Crippen LogP contribution in [0.3, 0.4) is 0 Å². The largest absolute Gasteiger partial charge is 0.495 e. The van der Waals surface area contributed by atoms with Gasteiger partial charge >= 0.3 is 6.18 Å². The zero-order valence-corrected chi connectivity index (χ0v) is 17.4. The van der Waals surface area contributed by atoms with Crippen molar-refractivity contribution in [3.63, 3.8) is 0 Å². The van der Waals surface area contributed by atoms with Crippen LogP contribution >= 0.6 is 0 Å². The number of ether oxygens (including phenoxy) is 1. The maximum Gasteiger partial charge on any atom is 0.417 e. The second kappa shape index (κ2) is 9.30. The first kappa shape index (κ1) is 22.5. The van der Waals surface area contributed by atoms with Gasteiger partial charge in [-0.3, -0.25) is 9.78 Å². The fourth-order valence-electron chi connectivity index (χ4n) is 3.05. The van der Waals surface area contributed by atoms with Crippen LogP contribution in [0.15, 0.2) is 47.5 Å². The molecule has 0 amide bonds. The van der Waals surface area contributed by atoms with Crippen LogP contribution in [0, 0.1) is 5.92 Å². The number of halogens is 3. The topological polar surface area (TPSA) is 79.9 Å². The lowest BCUT2D eigenvalue weighted by Crippen LogP contribution is -2.19. The van der Waals surface area contributed by atoms with Crippen molar-refractivity contribution >= 4 is 0 Å². The molecular weight excluding hydrogens is 409 g/mol. The molecule has 9 heteroatoms. The van der Waals surface area contributed by atoms with Crippen molar-refractivity contribution in [2.75, 3.05) is 13.7 Å². The molecule has 0 spiro atoms. The van der Waals surface area contributed by atoms with Crippen molar-refractivity contribution in [1.82, 2.24) is 20.3 Å². The molecular formula is C22H23F3N4O2. The van der Waals surface area contributed by atoms with Gasteiger partial charge < -0.3 is 15.0 Å². The van der Waals surface area contributed by atoms with Crippen molar-refractivity contribution in [3.8, 4) is 28.4 Å². The Hall–Kier alpha value is -3.20. The minimum Gasteiger partial charge on any atom is -0.495 e. The monoisotopic (exact) mass is 432 g/mol. The number of aromatic amines is 1. The van der Waals surface area contributed by atoms with Crippen LogP contribution in [0.4, 0.5) is 13.2 Å². The van der Waals surface area contributed by atoms with Crippen LogP contribution < -0.4 is 15.6 Å². The van der Waals surface area contributed by atoms with E-state index >= 15 is 0 Å². The molecule has 0 aliphatic rings. The Bertz CT molecular complexity index is 1110. The summed E-state index contributed by atoms with van der Waals surface area (Å²) in [7, 11) is 1.46. The Balaban J connectivity index is 2.09. The first-order valence-electron chi connectivity index (χ1n) is 9.69. The van der Waals surface area contributed by atoms with Crippen molar-refractivity contribution < 1.29 is 17.9 Å². The predicted molar refractivity (Wildman–Crippen MR) is 112 cm³/mol. The van der Waals surface area contributed by atoms with E-state index in [4.69, 9.17) is 4.74 Å². The van der Waals surface area contributed by atoms with Gasteiger partial charge in [0.2, 0.25) is 0 Å². The van der Waals surface area contributed by atoms with E-state index in [2.05, 4.69) is 20.3 Å². The molecule has 2 N–H and O–H groups in total. The highest BCUT2D eigenvalue weighted by Crippen LogP contribution is 2.36. The molecule has 2 aromatic heterocycles. The van der Waals surface area contributed by atoms with Crippen molar-refractivity contribution in [2.24, 2.45) is 5.92 Å². The molecule has 0 radical (unpaired) electrons. The zero-order valence-electron chi connectivity index (χ0n) is 17.4. The Morgan fingerprint density at radius 1 is 1.16 bits per heavy atom. The van der Waals surface area contributed by atoms with Gasteiger partial charge in [-0.05, 0) is 36.2 Å². The van der Waals surface area contributed by atoms with Gasteiger partial charge in [0.05, 0.1) is 24.6 Å². The number of methoxy groups -OCH3 is 1. The van der Waals surface area contributed by atoms with Gasteiger partial charge in [-0.25, -0.2) is 4.98 Å². The summed E-state index contributed by atoms with van der Waals surface area (Å²) in [6, 6.07) is 6.66. The number of pyridine rings is 1. The van der Waals surface area contributed by atoms with Crippen molar-refractivity contribution in [2.45, 2.75) is 26.6 Å². The van der Waals surface area contributed by atoms with Crippen LogP contribution in [-0.4, -0.2) is 28.6 Å². The molecule has 1 aromatic carbocycles. The number of H-pyrrole nitrogens is 1. The molecule has 0 fully saturated rings. The van der Waals surface area contributed by atoms with Crippen molar-refractivity contribution in [3.05, 3.63) is 64.2 Å². The maximum atomic E-state index is 13.7. The molecule has 31 heavy (non-hydrogen) atoms. The summed E-state index contributed by atoms with van der Waals surface area (Å²) in [5.41, 5.74) is -0.328. The third kappa shape index (κ3) is 5.69. The van der Waals surface area contributed by atoms with Gasteiger partial charge in [-0.1, -0.05) is 19.9 Å². The van der Waals surface area contributed by atoms with Gasteiger partial charge in [-0.2, -0.15) is 13.2 Å². The Morgan fingerprint density at radius 3 is 2.61 bits per heavy atom. The lowest BCUT2D eigenvalue weighted by molar-refractivity contribution is -0.137. The van der Waals surface area contributed by atoms with E-state index in [1.54, 1.807) is 6.07 Å². The maximum absolute atomic E-state index is 13.7. The number of rotatable bonds is 7. The third-order valence-corrected chi connectivity index (χ3v) is 4.51. The molecule has 0 saturated carbocycles. The van der Waals surface area contributed by atoms with E-state index in [1.165, 1.54) is 37.7 Å². The Kier molecular flexibility index (Phi) is 6.74. The van der Waals surface area contributed by atoms with E-state index in [9.17, 15) is 18.0 Å². The second-order valence-electron chi connectivity index (χ2n) is 7.50. The molecule has 0 saturated heterocycles. The summed E-state index contributed by atoms with van der Waals surface area (Å²) in [6.07, 6.45) is -1.66. The van der Waals surface area contributed by atoms with Gasteiger partial charge in [0.1, 0.15) is 11.6 Å². The molecule has 3 rings (SSSR count). The van der Waals surface area contributed by atoms with E-state index in [-0.39, 0.29) is 17.1 Å². The minimum atomic E-state index is -4.61. The molecule has 0 atom stereocenters. The lowest BCUT2D eigenvalue weighted by atomic mass is 10.0. The van der Waals surface area contributed by atoms with Gasteiger partial charge in [0, 0.05) is 29.9 Å². The Morgan fingerprint density at radius 2 is 1.94 bits per heavy atom. The molecule has 0 aliphatic heterocycles. The van der Waals surface area contributed by atoms with E-state index in [0.29, 0.717) is 29.3 Å². The van der Waals surface area contributed by atoms with E-state index in [1.807, 2.05) is 13.8 Å². The quantitative estimate of drug-likeness (QED) is 0.583. The van der Waals surface area contributed by atoms with E-state index < -0.39 is 17.3 Å². The van der Waals surface area contributed by atoms with Crippen LogP contribution in [0.1, 0.15) is 25.0 Å². The van der Waals surface area contributed by atoms with Gasteiger partial charge in [-0.15, -0.1) is 0 Å². The normalized spacial score (nSPS) is 11.7. The highest BCUT2D eigenvalue weighted by Gasteiger charge is 2.34. The van der Waals surface area contributed by atoms with Gasteiger partial charge in [0.25, 0.3) is 5.56 Å². The molecule has 0 bridgehead atoms. The first-order valence-corrected chi connectivity index (χ1v) is 9.69. The number of benzene rings is 1. The van der Waals surface area contributed by atoms with Gasteiger partial charge in [0.15, 0.2) is 0 Å². The average molecular weight is 432 g/mol. The standard InChI is InChI=1S/C22H23F3N4O2/c1-13(2)9-26-10-14-4-5-18(22(23,24)25)17(6-14)21-28-19(8-20(30)29-21)15-7-16(31-3)12-27-11-15/h4-8,11-13,26H,9-10H2,1-3H3,(H,28,29,30). The molecule has 164 valence electrons.